The number of hydrogen-bond acceptors (Lipinski definition) is 4. The number of nitrogens with zero attached hydrogens (tertiary/aromatic N) is 2. The fourth-order valence-corrected chi connectivity index (χ4v) is 4.42. The van der Waals surface area contributed by atoms with Gasteiger partial charge in [-0.2, -0.15) is 0 Å². The van der Waals surface area contributed by atoms with Crippen LogP contribution in [0.2, 0.25) is 0 Å². The third kappa shape index (κ3) is 5.29. The molecule has 0 saturated heterocycles. The van der Waals surface area contributed by atoms with Crippen molar-refractivity contribution in [1.82, 2.24) is 4.90 Å². The number of aryl methyl sites for hydroxylation is 2. The Hall–Kier alpha value is -3.32. The molecule has 0 aliphatic rings. The molecule has 7 heteroatoms. The first-order chi connectivity index (χ1) is 15.2. The van der Waals surface area contributed by atoms with Crippen molar-refractivity contribution in [3.63, 3.8) is 0 Å². The fraction of sp³-hybridized carbons (Fsp3) is 0.240. The van der Waals surface area contributed by atoms with Gasteiger partial charge in [0, 0.05) is 19.7 Å². The number of rotatable bonds is 8. The number of para-hydroxylation sites is 1. The van der Waals surface area contributed by atoms with E-state index in [4.69, 9.17) is 4.74 Å². The van der Waals surface area contributed by atoms with E-state index in [1.807, 2.05) is 50.2 Å². The van der Waals surface area contributed by atoms with Gasteiger partial charge < -0.3 is 9.64 Å². The van der Waals surface area contributed by atoms with E-state index in [1.165, 1.54) is 28.4 Å². The van der Waals surface area contributed by atoms with Crippen LogP contribution in [-0.2, 0) is 10.0 Å². The zero-order valence-electron chi connectivity index (χ0n) is 18.8. The molecule has 3 rings (SSSR count). The van der Waals surface area contributed by atoms with Crippen LogP contribution in [0.5, 0.6) is 5.75 Å². The monoisotopic (exact) mass is 452 g/mol. The smallest absolute Gasteiger partial charge is 0.264 e. The molecular formula is C25H28N2O4S. The molecule has 0 unspecified atom stereocenters. The Kier molecular flexibility index (Phi) is 7.20. The molecule has 0 N–H and O–H groups in total. The summed E-state index contributed by atoms with van der Waals surface area (Å²) < 4.78 is 33.2. The summed E-state index contributed by atoms with van der Waals surface area (Å²) >= 11 is 0. The first-order valence-corrected chi connectivity index (χ1v) is 11.7. The van der Waals surface area contributed by atoms with Gasteiger partial charge in [0.25, 0.3) is 15.9 Å². The molecule has 3 aromatic carbocycles. The lowest BCUT2D eigenvalue weighted by Crippen LogP contribution is -2.31. The van der Waals surface area contributed by atoms with E-state index in [0.29, 0.717) is 24.4 Å². The van der Waals surface area contributed by atoms with Gasteiger partial charge in [0.05, 0.1) is 17.1 Å². The maximum Gasteiger partial charge on any atom is 0.264 e. The van der Waals surface area contributed by atoms with Gasteiger partial charge in [0.2, 0.25) is 0 Å². The van der Waals surface area contributed by atoms with Gasteiger partial charge in [-0.15, -0.1) is 0 Å². The van der Waals surface area contributed by atoms with Crippen molar-refractivity contribution < 1.29 is 17.9 Å². The largest absolute Gasteiger partial charge is 0.491 e. The molecule has 0 heterocycles. The molecule has 0 bridgehead atoms. The molecule has 0 spiro atoms. The number of carbonyl (C=O) groups excluding carboxylic acids is 1. The summed E-state index contributed by atoms with van der Waals surface area (Å²) in [4.78, 5) is 14.5. The molecule has 0 aromatic heterocycles. The topological polar surface area (TPSA) is 66.9 Å². The molecule has 0 atom stereocenters. The Bertz CT molecular complexity index is 1190. The summed E-state index contributed by atoms with van der Waals surface area (Å²) in [5.41, 5.74) is 2.93. The van der Waals surface area contributed by atoms with Crippen molar-refractivity contribution in [2.45, 2.75) is 18.7 Å². The Morgan fingerprint density at radius 2 is 1.59 bits per heavy atom. The molecule has 6 nitrogen and oxygen atoms in total. The first-order valence-electron chi connectivity index (χ1n) is 10.3. The summed E-state index contributed by atoms with van der Waals surface area (Å²) in [6.07, 6.45) is 0. The second-order valence-corrected chi connectivity index (χ2v) is 9.65. The summed E-state index contributed by atoms with van der Waals surface area (Å²) in [5.74, 6) is 0.508. The van der Waals surface area contributed by atoms with E-state index in [0.717, 1.165) is 16.9 Å². The average Bonchev–Trinajstić information content (AvgIpc) is 2.80. The van der Waals surface area contributed by atoms with Crippen LogP contribution >= 0.6 is 0 Å². The molecule has 3 aromatic rings. The molecule has 32 heavy (non-hydrogen) atoms. The lowest BCUT2D eigenvalue weighted by molar-refractivity contribution is 0.0773. The van der Waals surface area contributed by atoms with Crippen LogP contribution in [-0.4, -0.2) is 46.5 Å². The van der Waals surface area contributed by atoms with Crippen LogP contribution in [0.4, 0.5) is 5.69 Å². The van der Waals surface area contributed by atoms with Crippen LogP contribution in [0, 0.1) is 13.8 Å². The SMILES string of the molecule is Cc1ccc(N(C)S(=O)(=O)c2cccc(C(=O)N(C)CCOc3ccccc3C)c2)cc1. The number of hydrogen-bond donors (Lipinski definition) is 0. The van der Waals surface area contributed by atoms with Crippen molar-refractivity contribution in [3.8, 4) is 5.75 Å². The first kappa shape index (κ1) is 23.3. The molecule has 0 radical (unpaired) electrons. The van der Waals surface area contributed by atoms with Gasteiger partial charge in [-0.3, -0.25) is 9.10 Å². The van der Waals surface area contributed by atoms with E-state index < -0.39 is 10.0 Å². The standard InChI is InChI=1S/C25H28N2O4S/c1-19-12-14-22(15-13-19)27(4)32(29,30)23-10-7-9-21(18-23)25(28)26(3)16-17-31-24-11-6-5-8-20(24)2/h5-15,18H,16-17H2,1-4H3. The van der Waals surface area contributed by atoms with E-state index in [1.54, 1.807) is 31.3 Å². The Morgan fingerprint density at radius 3 is 2.28 bits per heavy atom. The predicted octanol–water partition coefficient (Wildman–Crippen LogP) is 4.28. The number of carbonyl (C=O) groups is 1. The number of anilines is 1. The molecular weight excluding hydrogens is 424 g/mol. The Labute approximate surface area is 190 Å². The third-order valence-corrected chi connectivity index (χ3v) is 7.04. The highest BCUT2D eigenvalue weighted by Gasteiger charge is 2.23. The number of benzene rings is 3. The highest BCUT2D eigenvalue weighted by molar-refractivity contribution is 7.92. The summed E-state index contributed by atoms with van der Waals surface area (Å²) in [6, 6.07) is 21.0. The highest BCUT2D eigenvalue weighted by atomic mass is 32.2. The normalized spacial score (nSPS) is 11.1. The average molecular weight is 453 g/mol. The van der Waals surface area contributed by atoms with Crippen molar-refractivity contribution in [2.75, 3.05) is 31.6 Å². The van der Waals surface area contributed by atoms with Crippen molar-refractivity contribution >= 4 is 21.6 Å². The van der Waals surface area contributed by atoms with Crippen molar-refractivity contribution in [2.24, 2.45) is 0 Å². The molecule has 1 amide bonds. The van der Waals surface area contributed by atoms with Crippen LogP contribution < -0.4 is 9.04 Å². The molecule has 0 aliphatic carbocycles. The van der Waals surface area contributed by atoms with Gasteiger partial charge in [0.1, 0.15) is 12.4 Å². The van der Waals surface area contributed by atoms with Gasteiger partial charge in [-0.25, -0.2) is 8.42 Å². The van der Waals surface area contributed by atoms with E-state index >= 15 is 0 Å². The van der Waals surface area contributed by atoms with Gasteiger partial charge in [-0.05, 0) is 55.8 Å². The third-order valence-electron chi connectivity index (χ3n) is 5.26. The van der Waals surface area contributed by atoms with E-state index in [2.05, 4.69) is 0 Å². The van der Waals surface area contributed by atoms with Gasteiger partial charge in [-0.1, -0.05) is 42.0 Å². The fourth-order valence-electron chi connectivity index (χ4n) is 3.17. The quantitative estimate of drug-likeness (QED) is 0.512. The molecule has 0 saturated carbocycles. The minimum absolute atomic E-state index is 0.0657. The van der Waals surface area contributed by atoms with Crippen LogP contribution in [0.1, 0.15) is 21.5 Å². The minimum atomic E-state index is -3.81. The number of likely N-dealkylation sites (N-methyl/N-ethyl adjacent to an activating group) is 1. The number of amides is 1. The van der Waals surface area contributed by atoms with Crippen LogP contribution in [0.3, 0.4) is 0 Å². The van der Waals surface area contributed by atoms with Crippen LogP contribution in [0.25, 0.3) is 0 Å². The summed E-state index contributed by atoms with van der Waals surface area (Å²) in [5, 5.41) is 0. The highest BCUT2D eigenvalue weighted by Crippen LogP contribution is 2.23. The lowest BCUT2D eigenvalue weighted by Gasteiger charge is -2.21. The summed E-state index contributed by atoms with van der Waals surface area (Å²) in [6.45, 7) is 4.61. The number of sulfonamides is 1. The molecule has 0 aliphatic heterocycles. The van der Waals surface area contributed by atoms with Gasteiger partial charge >= 0.3 is 0 Å². The Balaban J connectivity index is 1.70. The van der Waals surface area contributed by atoms with Crippen molar-refractivity contribution in [1.29, 1.82) is 0 Å². The maximum atomic E-state index is 13.1. The van der Waals surface area contributed by atoms with Gasteiger partial charge in [0.15, 0.2) is 0 Å². The van der Waals surface area contributed by atoms with E-state index in [-0.39, 0.29) is 10.8 Å². The lowest BCUT2D eigenvalue weighted by atomic mass is 10.2. The Morgan fingerprint density at radius 1 is 0.906 bits per heavy atom. The van der Waals surface area contributed by atoms with Crippen molar-refractivity contribution in [3.05, 3.63) is 89.5 Å². The maximum absolute atomic E-state index is 13.1. The second-order valence-electron chi connectivity index (χ2n) is 7.68. The summed E-state index contributed by atoms with van der Waals surface area (Å²) in [7, 11) is -0.633. The predicted molar refractivity (Wildman–Crippen MR) is 127 cm³/mol. The second kappa shape index (κ2) is 9.87. The minimum Gasteiger partial charge on any atom is -0.491 e. The van der Waals surface area contributed by atoms with Crippen LogP contribution in [0.15, 0.2) is 77.7 Å². The molecule has 168 valence electrons. The zero-order chi connectivity index (χ0) is 23.3. The molecule has 0 fully saturated rings. The van der Waals surface area contributed by atoms with E-state index in [9.17, 15) is 13.2 Å². The zero-order valence-corrected chi connectivity index (χ0v) is 19.6. The number of ether oxygens (including phenoxy) is 1.